The van der Waals surface area contributed by atoms with Crippen molar-refractivity contribution >= 4 is 33.2 Å². The van der Waals surface area contributed by atoms with Gasteiger partial charge in [-0.2, -0.15) is 0 Å². The van der Waals surface area contributed by atoms with Crippen LogP contribution in [0.25, 0.3) is 0 Å². The first-order valence-electron chi connectivity index (χ1n) is 7.31. The fourth-order valence-corrected chi connectivity index (χ4v) is 3.92. The zero-order valence-corrected chi connectivity index (χ0v) is 14.5. The van der Waals surface area contributed by atoms with Gasteiger partial charge in [-0.15, -0.1) is 11.3 Å². The van der Waals surface area contributed by atoms with E-state index < -0.39 is 16.0 Å². The number of carbonyl (C=O) groups is 2. The Morgan fingerprint density at radius 3 is 2.57 bits per heavy atom. The number of carboxylic acid groups (broad SMARTS) is 1. The summed E-state index contributed by atoms with van der Waals surface area (Å²) < 4.78 is 24.4. The summed E-state index contributed by atoms with van der Waals surface area (Å²) in [6.45, 7) is 1.22. The van der Waals surface area contributed by atoms with Crippen LogP contribution in [0.5, 0.6) is 0 Å². The van der Waals surface area contributed by atoms with Gasteiger partial charge in [-0.1, -0.05) is 0 Å². The molecule has 23 heavy (non-hydrogen) atoms. The Bertz CT molecular complexity index is 675. The first kappa shape index (κ1) is 17.9. The van der Waals surface area contributed by atoms with Crippen molar-refractivity contribution in [2.24, 2.45) is 5.92 Å². The first-order chi connectivity index (χ1) is 10.8. The number of carboxylic acids is 1. The van der Waals surface area contributed by atoms with Crippen LogP contribution >= 0.6 is 11.3 Å². The molecule has 7 nitrogen and oxygen atoms in total. The molecule has 0 unspecified atom stereocenters. The Hall–Kier alpha value is -1.45. The number of likely N-dealkylation sites (tertiary alicyclic amines) is 1. The van der Waals surface area contributed by atoms with Gasteiger partial charge in [0.05, 0.1) is 17.1 Å². The Balaban J connectivity index is 1.88. The van der Waals surface area contributed by atoms with Gasteiger partial charge in [0.1, 0.15) is 0 Å². The summed E-state index contributed by atoms with van der Waals surface area (Å²) in [4.78, 5) is 26.5. The second kappa shape index (κ2) is 7.41. The number of sulfonamides is 1. The highest BCUT2D eigenvalue weighted by Crippen LogP contribution is 2.23. The average Bonchev–Trinajstić information content (AvgIpc) is 2.94. The molecule has 0 radical (unpaired) electrons. The fraction of sp³-hybridized carbons (Fsp3) is 0.571. The maximum atomic E-state index is 12.4. The standard InChI is InChI=1S/C14H20N2O5S2/c1-23(20,21)15-7-4-11-2-3-12(22-11)13(17)16-8-5-10(6-9-16)14(18)19/h2-3,10,15H,4-9H2,1H3,(H,18,19). The Kier molecular flexibility index (Phi) is 5.77. The molecule has 1 amide bonds. The summed E-state index contributed by atoms with van der Waals surface area (Å²) >= 11 is 1.35. The summed E-state index contributed by atoms with van der Waals surface area (Å²) in [6.07, 6.45) is 2.61. The minimum Gasteiger partial charge on any atom is -0.481 e. The number of rotatable bonds is 6. The van der Waals surface area contributed by atoms with E-state index >= 15 is 0 Å². The number of hydrogen-bond donors (Lipinski definition) is 2. The lowest BCUT2D eigenvalue weighted by Crippen LogP contribution is -2.39. The van der Waals surface area contributed by atoms with E-state index in [-0.39, 0.29) is 11.8 Å². The van der Waals surface area contributed by atoms with Crippen LogP contribution in [0, 0.1) is 5.92 Å². The van der Waals surface area contributed by atoms with E-state index in [1.54, 1.807) is 11.0 Å². The Morgan fingerprint density at radius 2 is 2.00 bits per heavy atom. The highest BCUT2D eigenvalue weighted by atomic mass is 32.2. The molecule has 1 aliphatic rings. The lowest BCUT2D eigenvalue weighted by Gasteiger charge is -2.29. The van der Waals surface area contributed by atoms with E-state index in [4.69, 9.17) is 5.11 Å². The van der Waals surface area contributed by atoms with Crippen molar-refractivity contribution in [3.05, 3.63) is 21.9 Å². The molecule has 1 fully saturated rings. The van der Waals surface area contributed by atoms with Crippen molar-refractivity contribution in [3.8, 4) is 0 Å². The molecule has 2 rings (SSSR count). The van der Waals surface area contributed by atoms with Gasteiger partial charge in [-0.25, -0.2) is 13.1 Å². The molecule has 1 aromatic heterocycles. The molecule has 0 aliphatic carbocycles. The number of amides is 1. The van der Waals surface area contributed by atoms with Crippen molar-refractivity contribution in [2.45, 2.75) is 19.3 Å². The van der Waals surface area contributed by atoms with Crippen LogP contribution in [0.15, 0.2) is 12.1 Å². The normalized spacial score (nSPS) is 16.5. The topological polar surface area (TPSA) is 104 Å². The molecule has 128 valence electrons. The average molecular weight is 360 g/mol. The van der Waals surface area contributed by atoms with Crippen molar-refractivity contribution in [2.75, 3.05) is 25.9 Å². The van der Waals surface area contributed by atoms with E-state index in [1.807, 2.05) is 6.07 Å². The van der Waals surface area contributed by atoms with Crippen LogP contribution in [0.3, 0.4) is 0 Å². The lowest BCUT2D eigenvalue weighted by atomic mass is 9.97. The minimum absolute atomic E-state index is 0.0823. The minimum atomic E-state index is -3.20. The maximum Gasteiger partial charge on any atom is 0.306 e. The summed E-state index contributed by atoms with van der Waals surface area (Å²) in [5, 5.41) is 8.97. The van der Waals surface area contributed by atoms with Gasteiger partial charge in [0.15, 0.2) is 0 Å². The van der Waals surface area contributed by atoms with Crippen molar-refractivity contribution in [1.29, 1.82) is 0 Å². The van der Waals surface area contributed by atoms with Crippen LogP contribution in [0.1, 0.15) is 27.4 Å². The molecule has 1 aromatic rings. The van der Waals surface area contributed by atoms with E-state index in [1.165, 1.54) is 11.3 Å². The third-order valence-corrected chi connectivity index (χ3v) is 5.60. The Labute approximate surface area is 139 Å². The highest BCUT2D eigenvalue weighted by molar-refractivity contribution is 7.88. The monoisotopic (exact) mass is 360 g/mol. The van der Waals surface area contributed by atoms with Crippen LogP contribution in [0.4, 0.5) is 0 Å². The summed E-state index contributed by atoms with van der Waals surface area (Å²) in [7, 11) is -3.20. The van der Waals surface area contributed by atoms with Gasteiger partial charge in [-0.05, 0) is 31.4 Å². The number of piperidine rings is 1. The third-order valence-electron chi connectivity index (χ3n) is 3.74. The number of carbonyl (C=O) groups excluding carboxylic acids is 1. The molecule has 2 N–H and O–H groups in total. The first-order valence-corrected chi connectivity index (χ1v) is 10.0. The molecule has 0 saturated carbocycles. The second-order valence-electron chi connectivity index (χ2n) is 5.59. The highest BCUT2D eigenvalue weighted by Gasteiger charge is 2.28. The van der Waals surface area contributed by atoms with Gasteiger partial charge < -0.3 is 10.0 Å². The molecule has 1 saturated heterocycles. The summed E-state index contributed by atoms with van der Waals surface area (Å²) in [6, 6.07) is 3.57. The SMILES string of the molecule is CS(=O)(=O)NCCc1ccc(C(=O)N2CCC(C(=O)O)CC2)s1. The number of nitrogens with one attached hydrogen (secondary N) is 1. The molecule has 0 aromatic carbocycles. The number of thiophene rings is 1. The van der Waals surface area contributed by atoms with E-state index in [0.717, 1.165) is 11.1 Å². The zero-order valence-electron chi connectivity index (χ0n) is 12.8. The number of hydrogen-bond acceptors (Lipinski definition) is 5. The van der Waals surface area contributed by atoms with Gasteiger partial charge >= 0.3 is 5.97 Å². The summed E-state index contributed by atoms with van der Waals surface area (Å²) in [5.41, 5.74) is 0. The third kappa shape index (κ3) is 5.29. The van der Waals surface area contributed by atoms with Gasteiger partial charge in [0.25, 0.3) is 5.91 Å². The van der Waals surface area contributed by atoms with Crippen molar-refractivity contribution in [1.82, 2.24) is 9.62 Å². The molecule has 1 aliphatic heterocycles. The van der Waals surface area contributed by atoms with E-state index in [0.29, 0.717) is 43.8 Å². The van der Waals surface area contributed by atoms with Crippen molar-refractivity contribution in [3.63, 3.8) is 0 Å². The van der Waals surface area contributed by atoms with Gasteiger partial charge in [0.2, 0.25) is 10.0 Å². The molecule has 9 heteroatoms. The van der Waals surface area contributed by atoms with Crippen LogP contribution in [-0.2, 0) is 21.2 Å². The zero-order chi connectivity index (χ0) is 17.0. The molecular formula is C14H20N2O5S2. The Morgan fingerprint density at radius 1 is 1.35 bits per heavy atom. The second-order valence-corrected chi connectivity index (χ2v) is 8.59. The summed E-state index contributed by atoms with van der Waals surface area (Å²) in [5.74, 6) is -1.24. The van der Waals surface area contributed by atoms with E-state index in [2.05, 4.69) is 4.72 Å². The molecule has 0 bridgehead atoms. The molecule has 0 spiro atoms. The van der Waals surface area contributed by atoms with E-state index in [9.17, 15) is 18.0 Å². The smallest absolute Gasteiger partial charge is 0.306 e. The maximum absolute atomic E-state index is 12.4. The lowest BCUT2D eigenvalue weighted by molar-refractivity contribution is -0.143. The predicted octanol–water partition coefficient (Wildman–Crippen LogP) is 0.777. The largest absolute Gasteiger partial charge is 0.481 e. The number of nitrogens with zero attached hydrogens (tertiary/aromatic N) is 1. The number of aliphatic carboxylic acids is 1. The van der Waals surface area contributed by atoms with Gasteiger partial charge in [0, 0.05) is 24.5 Å². The molecular weight excluding hydrogens is 340 g/mol. The molecule has 2 heterocycles. The fourth-order valence-electron chi connectivity index (χ4n) is 2.47. The predicted molar refractivity (Wildman–Crippen MR) is 87.1 cm³/mol. The quantitative estimate of drug-likeness (QED) is 0.780. The van der Waals surface area contributed by atoms with Crippen LogP contribution in [-0.4, -0.2) is 56.2 Å². The molecule has 0 atom stereocenters. The van der Waals surface area contributed by atoms with Crippen LogP contribution < -0.4 is 4.72 Å². The van der Waals surface area contributed by atoms with Gasteiger partial charge in [-0.3, -0.25) is 9.59 Å². The van der Waals surface area contributed by atoms with Crippen molar-refractivity contribution < 1.29 is 23.1 Å². The van der Waals surface area contributed by atoms with Crippen LogP contribution in [0.2, 0.25) is 0 Å².